The molecule has 0 aromatic heterocycles. The summed E-state index contributed by atoms with van der Waals surface area (Å²) >= 11 is 6.00. The van der Waals surface area contributed by atoms with Gasteiger partial charge in [-0.2, -0.15) is 4.31 Å². The van der Waals surface area contributed by atoms with E-state index < -0.39 is 10.0 Å². The van der Waals surface area contributed by atoms with Gasteiger partial charge in [0, 0.05) is 35.3 Å². The lowest BCUT2D eigenvalue weighted by Crippen LogP contribution is -2.41. The van der Waals surface area contributed by atoms with Crippen LogP contribution in [-0.4, -0.2) is 37.5 Å². The molecule has 1 amide bonds. The third kappa shape index (κ3) is 4.86. The van der Waals surface area contributed by atoms with Crippen LogP contribution in [0.25, 0.3) is 0 Å². The van der Waals surface area contributed by atoms with Crippen LogP contribution in [-0.2, 0) is 14.8 Å². The van der Waals surface area contributed by atoms with Crippen LogP contribution in [0.1, 0.15) is 35.7 Å². The van der Waals surface area contributed by atoms with E-state index in [1.807, 2.05) is 13.0 Å². The van der Waals surface area contributed by atoms with Gasteiger partial charge in [0.05, 0.1) is 4.90 Å². The number of carbonyl (C=O) groups is 2. The molecule has 3 rings (SSSR count). The van der Waals surface area contributed by atoms with Crippen LogP contribution in [0, 0.1) is 12.8 Å². The summed E-state index contributed by atoms with van der Waals surface area (Å²) in [5.74, 6) is -0.506. The number of nitrogens with one attached hydrogen (secondary N) is 1. The van der Waals surface area contributed by atoms with Crippen molar-refractivity contribution in [3.63, 3.8) is 0 Å². The van der Waals surface area contributed by atoms with E-state index in [2.05, 4.69) is 5.32 Å². The largest absolute Gasteiger partial charge is 0.326 e. The average Bonchev–Trinajstić information content (AvgIpc) is 2.71. The molecule has 1 fully saturated rings. The summed E-state index contributed by atoms with van der Waals surface area (Å²) in [6, 6.07) is 11.2. The molecule has 0 aliphatic carbocycles. The zero-order chi connectivity index (χ0) is 21.2. The minimum atomic E-state index is -3.65. The van der Waals surface area contributed by atoms with Crippen molar-refractivity contribution in [2.75, 3.05) is 18.4 Å². The first-order valence-electron chi connectivity index (χ1n) is 9.36. The number of anilines is 1. The molecule has 0 radical (unpaired) electrons. The molecule has 2 aromatic carbocycles. The highest BCUT2D eigenvalue weighted by atomic mass is 35.5. The lowest BCUT2D eigenvalue weighted by molar-refractivity contribution is -0.120. The maximum atomic E-state index is 12.8. The highest BCUT2D eigenvalue weighted by Crippen LogP contribution is 2.26. The Labute approximate surface area is 175 Å². The number of sulfonamides is 1. The van der Waals surface area contributed by atoms with E-state index in [1.165, 1.54) is 35.5 Å². The van der Waals surface area contributed by atoms with Gasteiger partial charge in [-0.25, -0.2) is 8.42 Å². The molecule has 0 unspecified atom stereocenters. The molecule has 1 N–H and O–H groups in total. The topological polar surface area (TPSA) is 83.6 Å². The summed E-state index contributed by atoms with van der Waals surface area (Å²) in [4.78, 5) is 24.1. The second-order valence-corrected chi connectivity index (χ2v) is 9.58. The van der Waals surface area contributed by atoms with Crippen molar-refractivity contribution in [2.24, 2.45) is 5.92 Å². The Kier molecular flexibility index (Phi) is 6.41. The van der Waals surface area contributed by atoms with Gasteiger partial charge in [-0.3, -0.25) is 9.59 Å². The number of halogens is 1. The van der Waals surface area contributed by atoms with Gasteiger partial charge in [-0.1, -0.05) is 29.8 Å². The molecular weight excluding hydrogens is 412 g/mol. The summed E-state index contributed by atoms with van der Waals surface area (Å²) < 4.78 is 27.1. The minimum Gasteiger partial charge on any atom is -0.326 e. The van der Waals surface area contributed by atoms with Crippen molar-refractivity contribution in [1.82, 2.24) is 4.31 Å². The zero-order valence-electron chi connectivity index (χ0n) is 16.3. The Morgan fingerprint density at radius 3 is 2.28 bits per heavy atom. The highest BCUT2D eigenvalue weighted by molar-refractivity contribution is 7.89. The van der Waals surface area contributed by atoms with Crippen LogP contribution < -0.4 is 5.32 Å². The predicted molar refractivity (Wildman–Crippen MR) is 113 cm³/mol. The van der Waals surface area contributed by atoms with E-state index in [9.17, 15) is 18.0 Å². The van der Waals surface area contributed by atoms with Gasteiger partial charge in [-0.05, 0) is 56.5 Å². The Hall–Kier alpha value is -2.22. The average molecular weight is 435 g/mol. The molecule has 6 nitrogen and oxygen atoms in total. The first-order chi connectivity index (χ1) is 13.7. The molecule has 0 atom stereocenters. The lowest BCUT2D eigenvalue weighted by Gasteiger charge is -2.30. The van der Waals surface area contributed by atoms with E-state index in [0.717, 1.165) is 5.56 Å². The van der Waals surface area contributed by atoms with Gasteiger partial charge in [0.25, 0.3) is 0 Å². The fourth-order valence-electron chi connectivity index (χ4n) is 3.33. The summed E-state index contributed by atoms with van der Waals surface area (Å²) in [7, 11) is -3.65. The monoisotopic (exact) mass is 434 g/mol. The smallest absolute Gasteiger partial charge is 0.243 e. The number of amides is 1. The van der Waals surface area contributed by atoms with E-state index in [0.29, 0.717) is 29.1 Å². The van der Waals surface area contributed by atoms with Crippen LogP contribution in [0.4, 0.5) is 5.69 Å². The van der Waals surface area contributed by atoms with Crippen molar-refractivity contribution >= 4 is 39.0 Å². The molecular formula is C21H23ClN2O4S. The number of aryl methyl sites for hydroxylation is 1. The molecule has 0 bridgehead atoms. The fourth-order valence-corrected chi connectivity index (χ4v) is 4.97. The van der Waals surface area contributed by atoms with E-state index >= 15 is 0 Å². The normalized spacial score (nSPS) is 15.8. The Morgan fingerprint density at radius 2 is 1.69 bits per heavy atom. The Morgan fingerprint density at radius 1 is 1.07 bits per heavy atom. The number of benzene rings is 2. The van der Waals surface area contributed by atoms with E-state index in [1.54, 1.807) is 12.1 Å². The maximum Gasteiger partial charge on any atom is 0.243 e. The van der Waals surface area contributed by atoms with Crippen LogP contribution in [0.3, 0.4) is 0 Å². The van der Waals surface area contributed by atoms with Gasteiger partial charge in [-0.15, -0.1) is 0 Å². The standard InChI is InChI=1S/C21H23ClN2O4S/c1-14-3-6-18(22)13-20(14)23-21(26)17-9-11-24(12-10-17)29(27,28)19-7-4-16(5-8-19)15(2)25/h3-8,13,17H,9-12H2,1-2H3,(H,23,26). The minimum absolute atomic E-state index is 0.115. The van der Waals surface area contributed by atoms with Gasteiger partial charge < -0.3 is 5.32 Å². The van der Waals surface area contributed by atoms with Crippen LogP contribution in [0.5, 0.6) is 0 Å². The van der Waals surface area contributed by atoms with Crippen LogP contribution >= 0.6 is 11.6 Å². The van der Waals surface area contributed by atoms with Gasteiger partial charge in [0.15, 0.2) is 5.78 Å². The molecule has 2 aromatic rings. The summed E-state index contributed by atoms with van der Waals surface area (Å²) in [5, 5.41) is 3.44. The number of hydrogen-bond donors (Lipinski definition) is 1. The molecule has 1 aliphatic heterocycles. The van der Waals surface area contributed by atoms with Gasteiger partial charge in [0.2, 0.25) is 15.9 Å². The number of carbonyl (C=O) groups excluding carboxylic acids is 2. The molecule has 0 saturated carbocycles. The number of Topliss-reactive ketones (excluding diaryl/α,β-unsaturated/α-hetero) is 1. The van der Waals surface area contributed by atoms with Crippen molar-refractivity contribution in [1.29, 1.82) is 0 Å². The SMILES string of the molecule is CC(=O)c1ccc(S(=O)(=O)N2CCC(C(=O)Nc3cc(Cl)ccc3C)CC2)cc1. The van der Waals surface area contributed by atoms with Crippen molar-refractivity contribution in [3.05, 3.63) is 58.6 Å². The molecule has 8 heteroatoms. The molecule has 0 spiro atoms. The molecule has 1 heterocycles. The summed E-state index contributed by atoms with van der Waals surface area (Å²) in [6.45, 7) is 3.86. The fraction of sp³-hybridized carbons (Fsp3) is 0.333. The number of nitrogens with zero attached hydrogens (tertiary/aromatic N) is 1. The Balaban J connectivity index is 1.64. The maximum absolute atomic E-state index is 12.8. The van der Waals surface area contributed by atoms with Gasteiger partial charge in [0.1, 0.15) is 0 Å². The third-order valence-corrected chi connectivity index (χ3v) is 7.33. The molecule has 1 aliphatic rings. The van der Waals surface area contributed by atoms with Crippen molar-refractivity contribution in [3.8, 4) is 0 Å². The van der Waals surface area contributed by atoms with Crippen molar-refractivity contribution in [2.45, 2.75) is 31.6 Å². The number of piperidine rings is 1. The second kappa shape index (κ2) is 8.65. The second-order valence-electron chi connectivity index (χ2n) is 7.21. The highest BCUT2D eigenvalue weighted by Gasteiger charge is 2.32. The summed E-state index contributed by atoms with van der Waals surface area (Å²) in [5.41, 5.74) is 2.05. The molecule has 154 valence electrons. The lowest BCUT2D eigenvalue weighted by atomic mass is 9.97. The number of rotatable bonds is 5. The predicted octanol–water partition coefficient (Wildman–Crippen LogP) is 3.89. The van der Waals surface area contributed by atoms with Crippen LogP contribution in [0.15, 0.2) is 47.4 Å². The van der Waals surface area contributed by atoms with E-state index in [-0.39, 0.29) is 35.6 Å². The first-order valence-corrected chi connectivity index (χ1v) is 11.2. The number of hydrogen-bond acceptors (Lipinski definition) is 4. The summed E-state index contributed by atoms with van der Waals surface area (Å²) in [6.07, 6.45) is 0.881. The Bertz CT molecular complexity index is 1030. The zero-order valence-corrected chi connectivity index (χ0v) is 17.9. The number of ketones is 1. The van der Waals surface area contributed by atoms with Crippen LogP contribution in [0.2, 0.25) is 5.02 Å². The first kappa shape index (κ1) is 21.5. The molecule has 1 saturated heterocycles. The molecule has 29 heavy (non-hydrogen) atoms. The van der Waals surface area contributed by atoms with Crippen molar-refractivity contribution < 1.29 is 18.0 Å². The quantitative estimate of drug-likeness (QED) is 0.723. The van der Waals surface area contributed by atoms with E-state index in [4.69, 9.17) is 11.6 Å². The van der Waals surface area contributed by atoms with Gasteiger partial charge >= 0.3 is 0 Å². The third-order valence-electron chi connectivity index (χ3n) is 5.18.